The molecule has 4 rings (SSSR count). The van der Waals surface area contributed by atoms with Gasteiger partial charge in [0.2, 0.25) is 11.7 Å². The van der Waals surface area contributed by atoms with Gasteiger partial charge in [0.25, 0.3) is 0 Å². The van der Waals surface area contributed by atoms with E-state index >= 15 is 0 Å². The highest BCUT2D eigenvalue weighted by Gasteiger charge is 2.35. The van der Waals surface area contributed by atoms with Gasteiger partial charge in [0.1, 0.15) is 5.75 Å². The van der Waals surface area contributed by atoms with Gasteiger partial charge in [-0.1, -0.05) is 35.5 Å². The van der Waals surface area contributed by atoms with Gasteiger partial charge >= 0.3 is 6.18 Å². The zero-order valence-electron chi connectivity index (χ0n) is 17.0. The van der Waals surface area contributed by atoms with Crippen LogP contribution in [0.4, 0.5) is 13.2 Å². The maximum Gasteiger partial charge on any atom is 0.419 e. The SMILES string of the molecule is FC(F)(F)c1cc(-c2noc(C3CCCNC3)n2)ccc1OCCCc1ccccc1. The van der Waals surface area contributed by atoms with E-state index < -0.39 is 11.7 Å². The van der Waals surface area contributed by atoms with Gasteiger partial charge in [-0.25, -0.2) is 0 Å². The van der Waals surface area contributed by atoms with Gasteiger partial charge in [-0.3, -0.25) is 0 Å². The average molecular weight is 431 g/mol. The van der Waals surface area contributed by atoms with E-state index in [0.717, 1.165) is 44.0 Å². The molecule has 0 spiro atoms. The summed E-state index contributed by atoms with van der Waals surface area (Å²) in [7, 11) is 0. The summed E-state index contributed by atoms with van der Waals surface area (Å²) in [5.41, 5.74) is 0.539. The number of aryl methyl sites for hydroxylation is 1. The van der Waals surface area contributed by atoms with Crippen molar-refractivity contribution in [3.05, 3.63) is 65.5 Å². The van der Waals surface area contributed by atoms with Crippen LogP contribution in [0.25, 0.3) is 11.4 Å². The average Bonchev–Trinajstić information content (AvgIpc) is 3.28. The summed E-state index contributed by atoms with van der Waals surface area (Å²) in [6.45, 7) is 1.86. The van der Waals surface area contributed by atoms with Crippen molar-refractivity contribution in [2.45, 2.75) is 37.8 Å². The fraction of sp³-hybridized carbons (Fsp3) is 0.391. The highest BCUT2D eigenvalue weighted by molar-refractivity contribution is 5.59. The third-order valence-electron chi connectivity index (χ3n) is 5.34. The molecule has 1 N–H and O–H groups in total. The Labute approximate surface area is 178 Å². The maximum atomic E-state index is 13.7. The Bertz CT molecular complexity index is 983. The summed E-state index contributed by atoms with van der Waals surface area (Å²) in [6, 6.07) is 13.7. The van der Waals surface area contributed by atoms with Gasteiger partial charge in [-0.2, -0.15) is 18.2 Å². The highest BCUT2D eigenvalue weighted by atomic mass is 19.4. The Balaban J connectivity index is 1.46. The summed E-state index contributed by atoms with van der Waals surface area (Å²) in [6.07, 6.45) is -1.28. The first-order valence-corrected chi connectivity index (χ1v) is 10.4. The molecule has 0 radical (unpaired) electrons. The van der Waals surface area contributed by atoms with Gasteiger partial charge in [0.05, 0.1) is 18.1 Å². The standard InChI is InChI=1S/C23H24F3N3O2/c24-23(25,26)19-14-17(21-28-22(31-29-21)18-9-4-12-27-15-18)10-11-20(19)30-13-5-8-16-6-2-1-3-7-16/h1-3,6-7,10-11,14,18,27H,4-5,8-9,12-13,15H2. The van der Waals surface area contributed by atoms with Crippen LogP contribution in [0.1, 0.15) is 42.2 Å². The third-order valence-corrected chi connectivity index (χ3v) is 5.34. The molecule has 31 heavy (non-hydrogen) atoms. The molecule has 2 heterocycles. The first kappa shape index (κ1) is 21.4. The van der Waals surface area contributed by atoms with E-state index in [1.165, 1.54) is 12.1 Å². The number of alkyl halides is 3. The first-order valence-electron chi connectivity index (χ1n) is 10.4. The summed E-state index contributed by atoms with van der Waals surface area (Å²) >= 11 is 0. The molecule has 0 aliphatic carbocycles. The third kappa shape index (κ3) is 5.44. The molecule has 1 atom stereocenters. The zero-order valence-corrected chi connectivity index (χ0v) is 17.0. The summed E-state index contributed by atoms with van der Waals surface area (Å²) in [5.74, 6) is 0.507. The number of ether oxygens (including phenoxy) is 1. The molecular formula is C23H24F3N3O2. The first-order chi connectivity index (χ1) is 15.0. The van der Waals surface area contributed by atoms with E-state index in [-0.39, 0.29) is 29.7 Å². The van der Waals surface area contributed by atoms with Crippen LogP contribution >= 0.6 is 0 Å². The second-order valence-electron chi connectivity index (χ2n) is 7.65. The molecule has 1 aliphatic rings. The predicted molar refractivity (Wildman–Crippen MR) is 110 cm³/mol. The second kappa shape index (κ2) is 9.51. The van der Waals surface area contributed by atoms with Crippen molar-refractivity contribution < 1.29 is 22.4 Å². The Hall–Kier alpha value is -2.87. The lowest BCUT2D eigenvalue weighted by Crippen LogP contribution is -2.28. The van der Waals surface area contributed by atoms with Crippen LogP contribution in [-0.2, 0) is 12.6 Å². The number of nitrogens with zero attached hydrogens (tertiary/aromatic N) is 2. The topological polar surface area (TPSA) is 60.2 Å². The van der Waals surface area contributed by atoms with Gasteiger partial charge in [0.15, 0.2) is 0 Å². The summed E-state index contributed by atoms with van der Waals surface area (Å²) in [4.78, 5) is 4.34. The fourth-order valence-corrected chi connectivity index (χ4v) is 3.70. The van der Waals surface area contributed by atoms with Crippen LogP contribution in [0.2, 0.25) is 0 Å². The molecule has 1 aromatic heterocycles. The van der Waals surface area contributed by atoms with E-state index in [0.29, 0.717) is 12.3 Å². The number of piperidine rings is 1. The van der Waals surface area contributed by atoms with E-state index in [1.807, 2.05) is 30.3 Å². The van der Waals surface area contributed by atoms with Crippen molar-refractivity contribution in [2.75, 3.05) is 19.7 Å². The number of nitrogens with one attached hydrogen (secondary N) is 1. The predicted octanol–water partition coefficient (Wildman–Crippen LogP) is 5.23. The van der Waals surface area contributed by atoms with E-state index in [1.54, 1.807) is 0 Å². The van der Waals surface area contributed by atoms with Crippen molar-refractivity contribution in [1.82, 2.24) is 15.5 Å². The lowest BCUT2D eigenvalue weighted by molar-refractivity contribution is -0.138. The van der Waals surface area contributed by atoms with Gasteiger partial charge in [-0.15, -0.1) is 0 Å². The van der Waals surface area contributed by atoms with Crippen LogP contribution in [-0.4, -0.2) is 29.8 Å². The van der Waals surface area contributed by atoms with Crippen LogP contribution < -0.4 is 10.1 Å². The minimum Gasteiger partial charge on any atom is -0.493 e. The number of halogens is 3. The van der Waals surface area contributed by atoms with Gasteiger partial charge in [0, 0.05) is 12.1 Å². The summed E-state index contributed by atoms with van der Waals surface area (Å²) in [5, 5.41) is 7.16. The normalized spacial score (nSPS) is 16.9. The number of benzene rings is 2. The molecule has 0 amide bonds. The molecule has 164 valence electrons. The van der Waals surface area contributed by atoms with Crippen LogP contribution in [0.3, 0.4) is 0 Å². The van der Waals surface area contributed by atoms with Crippen molar-refractivity contribution in [3.63, 3.8) is 0 Å². The van der Waals surface area contributed by atoms with Crippen LogP contribution in [0.5, 0.6) is 5.75 Å². The minimum absolute atomic E-state index is 0.0873. The fourth-order valence-electron chi connectivity index (χ4n) is 3.70. The maximum absolute atomic E-state index is 13.7. The van der Waals surface area contributed by atoms with Crippen molar-refractivity contribution in [1.29, 1.82) is 0 Å². The number of aromatic nitrogens is 2. The molecule has 3 aromatic rings. The largest absolute Gasteiger partial charge is 0.493 e. The minimum atomic E-state index is -4.55. The van der Waals surface area contributed by atoms with Gasteiger partial charge < -0.3 is 14.6 Å². The zero-order chi connectivity index (χ0) is 21.7. The molecule has 2 aromatic carbocycles. The van der Waals surface area contributed by atoms with E-state index in [2.05, 4.69) is 15.5 Å². The van der Waals surface area contributed by atoms with Crippen LogP contribution in [0.15, 0.2) is 53.1 Å². The quantitative estimate of drug-likeness (QED) is 0.519. The Morgan fingerprint density at radius 1 is 1.13 bits per heavy atom. The lowest BCUT2D eigenvalue weighted by atomic mass is 10.00. The van der Waals surface area contributed by atoms with E-state index in [4.69, 9.17) is 9.26 Å². The lowest BCUT2D eigenvalue weighted by Gasteiger charge is -2.18. The molecule has 1 aliphatic heterocycles. The Morgan fingerprint density at radius 2 is 1.97 bits per heavy atom. The second-order valence-corrected chi connectivity index (χ2v) is 7.65. The molecule has 1 unspecified atom stereocenters. The summed E-state index contributed by atoms with van der Waals surface area (Å²) < 4.78 is 51.8. The number of hydrogen-bond acceptors (Lipinski definition) is 5. The molecule has 0 saturated carbocycles. The van der Waals surface area contributed by atoms with E-state index in [9.17, 15) is 13.2 Å². The number of hydrogen-bond donors (Lipinski definition) is 1. The Kier molecular flexibility index (Phi) is 6.56. The number of rotatable bonds is 7. The van der Waals surface area contributed by atoms with Crippen LogP contribution in [0, 0.1) is 0 Å². The molecule has 5 nitrogen and oxygen atoms in total. The molecular weight excluding hydrogens is 407 g/mol. The molecule has 0 bridgehead atoms. The smallest absolute Gasteiger partial charge is 0.419 e. The molecule has 1 fully saturated rings. The van der Waals surface area contributed by atoms with Crippen molar-refractivity contribution in [2.24, 2.45) is 0 Å². The Morgan fingerprint density at radius 3 is 2.71 bits per heavy atom. The van der Waals surface area contributed by atoms with Crippen molar-refractivity contribution in [3.8, 4) is 17.1 Å². The highest BCUT2D eigenvalue weighted by Crippen LogP contribution is 2.38. The monoisotopic (exact) mass is 431 g/mol. The van der Waals surface area contributed by atoms with Gasteiger partial charge in [-0.05, 0) is 56.0 Å². The molecule has 1 saturated heterocycles. The van der Waals surface area contributed by atoms with Crippen molar-refractivity contribution >= 4 is 0 Å². The molecule has 8 heteroatoms.